The molecule has 2 aliphatic rings. The van der Waals surface area contributed by atoms with Crippen molar-refractivity contribution >= 4 is 19.4 Å². The summed E-state index contributed by atoms with van der Waals surface area (Å²) in [5.74, 6) is 0.474. The second kappa shape index (κ2) is 5.96. The molecule has 1 atom stereocenters. The van der Waals surface area contributed by atoms with Crippen LogP contribution < -0.4 is 0 Å². The van der Waals surface area contributed by atoms with Crippen LogP contribution in [0.5, 0.6) is 0 Å². The molecule has 0 saturated carbocycles. The summed E-state index contributed by atoms with van der Waals surface area (Å²) in [7, 11) is -1.56. The lowest BCUT2D eigenvalue weighted by atomic mass is 9.82. The summed E-state index contributed by atoms with van der Waals surface area (Å²) in [6.07, 6.45) is 4.29. The van der Waals surface area contributed by atoms with Crippen LogP contribution >= 0.6 is 0 Å². The molecular weight excluding hydrogens is 320 g/mol. The number of carbonyl (C=O) groups is 1. The summed E-state index contributed by atoms with van der Waals surface area (Å²) >= 11 is 0. The molecule has 0 N–H and O–H groups in total. The molecule has 0 radical (unpaired) electrons. The Hall–Kier alpha value is -2.19. The van der Waals surface area contributed by atoms with Crippen LogP contribution in [0.15, 0.2) is 71.4 Å². The van der Waals surface area contributed by atoms with Gasteiger partial charge in [0.05, 0.1) is 8.07 Å². The molecule has 126 valence electrons. The molecule has 0 fully saturated rings. The third-order valence-electron chi connectivity index (χ3n) is 5.51. The molecular formula is C23H24OSi. The van der Waals surface area contributed by atoms with Crippen molar-refractivity contribution < 1.29 is 4.79 Å². The van der Waals surface area contributed by atoms with Crippen LogP contribution in [0, 0.1) is 5.92 Å². The fourth-order valence-corrected chi connectivity index (χ4v) is 6.10. The van der Waals surface area contributed by atoms with Crippen LogP contribution in [-0.2, 0) is 6.42 Å². The summed E-state index contributed by atoms with van der Waals surface area (Å²) in [5.41, 5.74) is 6.02. The van der Waals surface area contributed by atoms with Crippen molar-refractivity contribution in [2.45, 2.75) is 32.5 Å². The van der Waals surface area contributed by atoms with E-state index in [1.54, 1.807) is 0 Å². The third kappa shape index (κ3) is 2.75. The Bertz CT molecular complexity index is 897. The Balaban J connectivity index is 1.85. The summed E-state index contributed by atoms with van der Waals surface area (Å²) in [5, 5.41) is 1.43. The average molecular weight is 345 g/mol. The zero-order chi connectivity index (χ0) is 17.6. The van der Waals surface area contributed by atoms with Gasteiger partial charge in [0.25, 0.3) is 0 Å². The van der Waals surface area contributed by atoms with Crippen LogP contribution in [0.2, 0.25) is 19.6 Å². The maximum atomic E-state index is 13.5. The Morgan fingerprint density at radius 2 is 1.64 bits per heavy atom. The predicted molar refractivity (Wildman–Crippen MR) is 107 cm³/mol. The second-order valence-corrected chi connectivity index (χ2v) is 13.2. The van der Waals surface area contributed by atoms with E-state index in [1.165, 1.54) is 21.9 Å². The van der Waals surface area contributed by atoms with Crippen LogP contribution in [0.25, 0.3) is 5.57 Å². The minimum atomic E-state index is -1.56. The number of hydrogen-bond acceptors (Lipinski definition) is 1. The number of hydrogen-bond donors (Lipinski definition) is 0. The number of carbonyl (C=O) groups excluding carboxylic acids is 1. The van der Waals surface area contributed by atoms with Crippen LogP contribution in [0.1, 0.15) is 27.9 Å². The Morgan fingerprint density at radius 1 is 0.960 bits per heavy atom. The van der Waals surface area contributed by atoms with Gasteiger partial charge in [-0.2, -0.15) is 0 Å². The average Bonchev–Trinajstić information content (AvgIpc) is 2.99. The van der Waals surface area contributed by atoms with E-state index in [9.17, 15) is 4.79 Å². The van der Waals surface area contributed by atoms with E-state index in [-0.39, 0.29) is 11.7 Å². The van der Waals surface area contributed by atoms with E-state index < -0.39 is 8.07 Å². The predicted octanol–water partition coefficient (Wildman–Crippen LogP) is 5.70. The molecule has 25 heavy (non-hydrogen) atoms. The van der Waals surface area contributed by atoms with Gasteiger partial charge in [-0.3, -0.25) is 4.79 Å². The lowest BCUT2D eigenvalue weighted by Crippen LogP contribution is -2.31. The number of benzene rings is 2. The summed E-state index contributed by atoms with van der Waals surface area (Å²) < 4.78 is 0. The minimum Gasteiger partial charge on any atom is -0.289 e. The number of rotatable bonds is 3. The van der Waals surface area contributed by atoms with Gasteiger partial charge in [0.2, 0.25) is 0 Å². The zero-order valence-corrected chi connectivity index (χ0v) is 16.2. The monoisotopic (exact) mass is 344 g/mol. The van der Waals surface area contributed by atoms with Crippen molar-refractivity contribution in [3.63, 3.8) is 0 Å². The number of fused-ring (bicyclic) bond motifs is 3. The van der Waals surface area contributed by atoms with Gasteiger partial charge in [-0.25, -0.2) is 0 Å². The molecule has 2 aromatic carbocycles. The van der Waals surface area contributed by atoms with Gasteiger partial charge in [-0.05, 0) is 29.5 Å². The van der Waals surface area contributed by atoms with Crippen molar-refractivity contribution in [1.82, 2.24) is 0 Å². The Kier molecular flexibility index (Phi) is 3.88. The Morgan fingerprint density at radius 3 is 2.36 bits per heavy atom. The van der Waals surface area contributed by atoms with Gasteiger partial charge in [-0.15, -0.1) is 0 Å². The fraction of sp³-hybridized carbons (Fsp3) is 0.261. The molecule has 0 spiro atoms. The van der Waals surface area contributed by atoms with E-state index in [2.05, 4.69) is 50.0 Å². The maximum Gasteiger partial charge on any atom is 0.189 e. The highest BCUT2D eigenvalue weighted by Gasteiger charge is 2.39. The molecule has 0 heterocycles. The second-order valence-electron chi connectivity index (χ2n) is 8.11. The largest absolute Gasteiger partial charge is 0.289 e. The standard InChI is InChI=1S/C23H24OSi/c1-25(2,3)21-14-13-19-18-12-8-7-11-17(18)15-20(19)22(21)23(24)16-9-5-4-6-10-16/h4-13,20H,14-15H2,1-3H3/t20-/m0/s1. The van der Waals surface area contributed by atoms with Gasteiger partial charge < -0.3 is 0 Å². The Labute approximate surface area is 151 Å². The topological polar surface area (TPSA) is 17.1 Å². The summed E-state index contributed by atoms with van der Waals surface area (Å²) in [6, 6.07) is 18.5. The normalized spacial score (nSPS) is 19.3. The first-order chi connectivity index (χ1) is 12.0. The van der Waals surface area contributed by atoms with E-state index in [1.807, 2.05) is 30.3 Å². The fourth-order valence-electron chi connectivity index (χ4n) is 4.29. The van der Waals surface area contributed by atoms with Crippen LogP contribution in [0.3, 0.4) is 0 Å². The highest BCUT2D eigenvalue weighted by molar-refractivity contribution is 6.83. The quantitative estimate of drug-likeness (QED) is 0.515. The van der Waals surface area contributed by atoms with Gasteiger partial charge >= 0.3 is 0 Å². The minimum absolute atomic E-state index is 0.237. The first kappa shape index (κ1) is 16.3. The summed E-state index contributed by atoms with van der Waals surface area (Å²) in [6.45, 7) is 7.09. The van der Waals surface area contributed by atoms with Crippen LogP contribution in [-0.4, -0.2) is 13.9 Å². The van der Waals surface area contributed by atoms with Gasteiger partial charge in [0.15, 0.2) is 5.78 Å². The smallest absolute Gasteiger partial charge is 0.189 e. The van der Waals surface area contributed by atoms with Crippen LogP contribution in [0.4, 0.5) is 0 Å². The molecule has 0 bridgehead atoms. The molecule has 0 saturated heterocycles. The van der Waals surface area contributed by atoms with Crippen molar-refractivity contribution in [2.75, 3.05) is 0 Å². The molecule has 1 nitrogen and oxygen atoms in total. The molecule has 0 aliphatic heterocycles. The van der Waals surface area contributed by atoms with Crippen molar-refractivity contribution in [3.05, 3.63) is 88.1 Å². The first-order valence-electron chi connectivity index (χ1n) is 9.08. The van der Waals surface area contributed by atoms with E-state index >= 15 is 0 Å². The molecule has 4 rings (SSSR count). The first-order valence-corrected chi connectivity index (χ1v) is 12.6. The molecule has 2 aliphatic carbocycles. The third-order valence-corrected chi connectivity index (χ3v) is 7.80. The highest BCUT2D eigenvalue weighted by atomic mass is 28.3. The van der Waals surface area contributed by atoms with Gasteiger partial charge in [-0.1, -0.05) is 85.5 Å². The lowest BCUT2D eigenvalue weighted by Gasteiger charge is -2.31. The van der Waals surface area contributed by atoms with Gasteiger partial charge in [0, 0.05) is 17.1 Å². The van der Waals surface area contributed by atoms with Crippen molar-refractivity contribution in [1.29, 1.82) is 0 Å². The van der Waals surface area contributed by atoms with Gasteiger partial charge in [0.1, 0.15) is 0 Å². The van der Waals surface area contributed by atoms with Crippen molar-refractivity contribution in [2.24, 2.45) is 5.92 Å². The summed E-state index contributed by atoms with van der Waals surface area (Å²) in [4.78, 5) is 13.5. The van der Waals surface area contributed by atoms with E-state index in [4.69, 9.17) is 0 Å². The molecule has 0 unspecified atom stereocenters. The maximum absolute atomic E-state index is 13.5. The SMILES string of the molecule is C[Si](C)(C)C1=C(C(=O)c2ccccc2)[C@H]2Cc3ccccc3C2=CC1. The molecule has 2 heteroatoms. The number of allylic oxidation sites excluding steroid dienone is 4. The van der Waals surface area contributed by atoms with E-state index in [0.717, 1.165) is 24.0 Å². The van der Waals surface area contributed by atoms with E-state index in [0.29, 0.717) is 0 Å². The van der Waals surface area contributed by atoms with Crippen molar-refractivity contribution in [3.8, 4) is 0 Å². The number of ketones is 1. The molecule has 0 amide bonds. The lowest BCUT2D eigenvalue weighted by molar-refractivity contribution is 0.102. The molecule has 0 aromatic heterocycles. The zero-order valence-electron chi connectivity index (χ0n) is 15.2. The highest BCUT2D eigenvalue weighted by Crippen LogP contribution is 2.47. The number of Topliss-reactive ketones (excluding diaryl/α,β-unsaturated/α-hetero) is 1. The molecule has 2 aromatic rings.